The minimum Gasteiger partial charge on any atom is -0.320 e. The number of amides is 2. The Kier molecular flexibility index (Phi) is 8.29. The van der Waals surface area contributed by atoms with E-state index >= 15 is 0 Å². The summed E-state index contributed by atoms with van der Waals surface area (Å²) in [6.07, 6.45) is 2.45. The zero-order chi connectivity index (χ0) is 23.1. The number of urea groups is 1. The van der Waals surface area contributed by atoms with E-state index in [0.717, 1.165) is 28.1 Å². The number of hydrogen-bond acceptors (Lipinski definition) is 2. The average Bonchev–Trinajstić information content (AvgIpc) is 2.78. The van der Waals surface area contributed by atoms with Crippen molar-refractivity contribution in [2.24, 2.45) is 0 Å². The smallest absolute Gasteiger partial charge is 0.320 e. The Morgan fingerprint density at radius 2 is 1.59 bits per heavy atom. The average molecular weight is 450 g/mol. The van der Waals surface area contributed by atoms with Gasteiger partial charge in [0, 0.05) is 42.1 Å². The third-order valence-corrected chi connectivity index (χ3v) is 5.94. The second kappa shape index (κ2) is 11.1. The van der Waals surface area contributed by atoms with Crippen LogP contribution in [-0.2, 0) is 13.0 Å². The summed E-state index contributed by atoms with van der Waals surface area (Å²) in [5.41, 5.74) is 5.09. The van der Waals surface area contributed by atoms with Crippen molar-refractivity contribution in [3.8, 4) is 0 Å². The van der Waals surface area contributed by atoms with Crippen molar-refractivity contribution < 1.29 is 4.79 Å². The molecule has 0 aliphatic carbocycles. The van der Waals surface area contributed by atoms with Crippen LogP contribution in [-0.4, -0.2) is 22.5 Å². The Morgan fingerprint density at radius 1 is 0.938 bits per heavy atom. The van der Waals surface area contributed by atoms with Crippen molar-refractivity contribution in [2.75, 3.05) is 11.9 Å². The van der Waals surface area contributed by atoms with E-state index in [1.54, 1.807) is 6.20 Å². The number of para-hydroxylation sites is 1. The minimum absolute atomic E-state index is 0.129. The van der Waals surface area contributed by atoms with Crippen molar-refractivity contribution >= 4 is 23.3 Å². The molecule has 3 aromatic rings. The highest BCUT2D eigenvalue weighted by Gasteiger charge is 2.20. The van der Waals surface area contributed by atoms with Gasteiger partial charge in [-0.1, -0.05) is 81.8 Å². The highest BCUT2D eigenvalue weighted by molar-refractivity contribution is 6.31. The normalized spacial score (nSPS) is 11.1. The summed E-state index contributed by atoms with van der Waals surface area (Å²) in [6.45, 7) is 9.57. The van der Waals surface area contributed by atoms with Gasteiger partial charge in [-0.05, 0) is 46.7 Å². The van der Waals surface area contributed by atoms with Crippen molar-refractivity contribution in [3.63, 3.8) is 0 Å². The molecule has 2 aromatic carbocycles. The standard InChI is InChI=1S/C27H32ClN3O/c1-19(2)23-12-9-13-24(20(3)4)26(23)30-27(32)31(17-15-22-11-7-8-16-29-22)18-21-10-5-6-14-25(21)28/h5-14,16,19-20H,15,17-18H2,1-4H3,(H,30,32). The number of nitrogens with one attached hydrogen (secondary N) is 1. The summed E-state index contributed by atoms with van der Waals surface area (Å²) in [5, 5.41) is 3.90. The number of nitrogens with zero attached hydrogens (tertiary/aromatic N) is 2. The maximum absolute atomic E-state index is 13.6. The first kappa shape index (κ1) is 23.8. The molecule has 0 fully saturated rings. The van der Waals surface area contributed by atoms with Crippen molar-refractivity contribution in [1.29, 1.82) is 0 Å². The van der Waals surface area contributed by atoms with Gasteiger partial charge in [0.1, 0.15) is 0 Å². The van der Waals surface area contributed by atoms with Crippen molar-refractivity contribution in [2.45, 2.75) is 52.5 Å². The summed E-state index contributed by atoms with van der Waals surface area (Å²) >= 11 is 6.41. The zero-order valence-corrected chi connectivity index (χ0v) is 20.1. The lowest BCUT2D eigenvalue weighted by atomic mass is 9.93. The minimum atomic E-state index is -0.129. The molecule has 0 bridgehead atoms. The molecule has 1 heterocycles. The summed E-state index contributed by atoms with van der Waals surface area (Å²) in [4.78, 5) is 19.8. The first-order valence-electron chi connectivity index (χ1n) is 11.2. The van der Waals surface area contributed by atoms with Crippen LogP contribution in [0, 0.1) is 0 Å². The summed E-state index contributed by atoms with van der Waals surface area (Å²) < 4.78 is 0. The van der Waals surface area contributed by atoms with Crippen LogP contribution < -0.4 is 5.32 Å². The fraction of sp³-hybridized carbons (Fsp3) is 0.333. The lowest BCUT2D eigenvalue weighted by Gasteiger charge is -2.26. The molecule has 2 amide bonds. The van der Waals surface area contributed by atoms with Gasteiger partial charge in [-0.2, -0.15) is 0 Å². The van der Waals surface area contributed by atoms with E-state index in [2.05, 4.69) is 56.2 Å². The van der Waals surface area contributed by atoms with Gasteiger partial charge in [-0.25, -0.2) is 4.79 Å². The molecule has 0 aliphatic rings. The highest BCUT2D eigenvalue weighted by Crippen LogP contribution is 2.32. The molecule has 5 heteroatoms. The molecule has 0 spiro atoms. The van der Waals surface area contributed by atoms with Gasteiger partial charge in [0.25, 0.3) is 0 Å². The van der Waals surface area contributed by atoms with E-state index < -0.39 is 0 Å². The molecule has 1 aromatic heterocycles. The third kappa shape index (κ3) is 6.10. The van der Waals surface area contributed by atoms with Crippen LogP contribution in [0.15, 0.2) is 66.9 Å². The van der Waals surface area contributed by atoms with Crippen LogP contribution in [0.4, 0.5) is 10.5 Å². The summed E-state index contributed by atoms with van der Waals surface area (Å²) in [6, 6.07) is 19.6. The second-order valence-corrected chi connectivity index (χ2v) is 9.04. The van der Waals surface area contributed by atoms with Gasteiger partial charge in [0.2, 0.25) is 0 Å². The molecule has 0 saturated heterocycles. The predicted octanol–water partition coefficient (Wildman–Crippen LogP) is 7.26. The largest absolute Gasteiger partial charge is 0.322 e. The molecule has 0 unspecified atom stereocenters. The van der Waals surface area contributed by atoms with Gasteiger partial charge in [0.05, 0.1) is 0 Å². The number of aromatic nitrogens is 1. The van der Waals surface area contributed by atoms with Crippen molar-refractivity contribution in [3.05, 3.63) is 94.3 Å². The molecule has 1 N–H and O–H groups in total. The number of halogens is 1. The Morgan fingerprint density at radius 3 is 2.19 bits per heavy atom. The first-order valence-corrected chi connectivity index (χ1v) is 11.6. The number of pyridine rings is 1. The van der Waals surface area contributed by atoms with Gasteiger partial charge in [-0.15, -0.1) is 0 Å². The van der Waals surface area contributed by atoms with Crippen molar-refractivity contribution in [1.82, 2.24) is 9.88 Å². The monoisotopic (exact) mass is 449 g/mol. The predicted molar refractivity (Wildman–Crippen MR) is 133 cm³/mol. The molecule has 0 saturated carbocycles. The maximum atomic E-state index is 13.6. The number of benzene rings is 2. The van der Waals surface area contributed by atoms with E-state index in [-0.39, 0.29) is 6.03 Å². The summed E-state index contributed by atoms with van der Waals surface area (Å²) in [5.74, 6) is 0.601. The molecule has 0 radical (unpaired) electrons. The zero-order valence-electron chi connectivity index (χ0n) is 19.3. The van der Waals surface area contributed by atoms with Gasteiger partial charge >= 0.3 is 6.03 Å². The summed E-state index contributed by atoms with van der Waals surface area (Å²) in [7, 11) is 0. The Labute approximate surface area is 196 Å². The van der Waals surface area contributed by atoms with Crippen LogP contribution >= 0.6 is 11.6 Å². The third-order valence-electron chi connectivity index (χ3n) is 5.58. The molecule has 0 atom stereocenters. The number of rotatable bonds is 8. The molecular formula is C27H32ClN3O. The lowest BCUT2D eigenvalue weighted by Crippen LogP contribution is -2.36. The molecule has 32 heavy (non-hydrogen) atoms. The number of carbonyl (C=O) groups excluding carboxylic acids is 1. The van der Waals surface area contributed by atoms with E-state index in [1.807, 2.05) is 47.4 Å². The Bertz CT molecular complexity index is 1010. The first-order chi connectivity index (χ1) is 15.4. The van der Waals surface area contributed by atoms with Crippen LogP contribution in [0.1, 0.15) is 61.9 Å². The molecule has 3 rings (SSSR count). The van der Waals surface area contributed by atoms with E-state index in [4.69, 9.17) is 11.6 Å². The molecule has 0 aliphatic heterocycles. The SMILES string of the molecule is CC(C)c1cccc(C(C)C)c1NC(=O)N(CCc1ccccn1)Cc1ccccc1Cl. The lowest BCUT2D eigenvalue weighted by molar-refractivity contribution is 0.209. The number of carbonyl (C=O) groups is 1. The fourth-order valence-electron chi connectivity index (χ4n) is 3.76. The molecule has 168 valence electrons. The van der Waals surface area contributed by atoms with E-state index in [9.17, 15) is 4.79 Å². The second-order valence-electron chi connectivity index (χ2n) is 8.64. The van der Waals surface area contributed by atoms with Crippen LogP contribution in [0.3, 0.4) is 0 Å². The topological polar surface area (TPSA) is 45.2 Å². The highest BCUT2D eigenvalue weighted by atomic mass is 35.5. The maximum Gasteiger partial charge on any atom is 0.322 e. The Balaban J connectivity index is 1.89. The Hall–Kier alpha value is -2.85. The fourth-order valence-corrected chi connectivity index (χ4v) is 3.96. The van der Waals surface area contributed by atoms with Gasteiger partial charge < -0.3 is 10.2 Å². The van der Waals surface area contributed by atoms with Crippen LogP contribution in [0.5, 0.6) is 0 Å². The molecular weight excluding hydrogens is 418 g/mol. The molecule has 4 nitrogen and oxygen atoms in total. The van der Waals surface area contributed by atoms with Crippen LogP contribution in [0.2, 0.25) is 5.02 Å². The van der Waals surface area contributed by atoms with E-state index in [0.29, 0.717) is 36.4 Å². The number of anilines is 1. The van der Waals surface area contributed by atoms with E-state index in [1.165, 1.54) is 0 Å². The van der Waals surface area contributed by atoms with Gasteiger partial charge in [-0.3, -0.25) is 4.98 Å². The quantitative estimate of drug-likeness (QED) is 0.393. The number of hydrogen-bond donors (Lipinski definition) is 1. The van der Waals surface area contributed by atoms with Gasteiger partial charge in [0.15, 0.2) is 0 Å². The van der Waals surface area contributed by atoms with Crippen LogP contribution in [0.25, 0.3) is 0 Å².